The van der Waals surface area contributed by atoms with Crippen molar-refractivity contribution in [3.05, 3.63) is 29.3 Å². The number of benzene rings is 1. The van der Waals surface area contributed by atoms with Crippen LogP contribution in [0.4, 0.5) is 5.69 Å². The fourth-order valence-electron chi connectivity index (χ4n) is 2.81. The van der Waals surface area contributed by atoms with Crippen LogP contribution in [0.5, 0.6) is 0 Å². The molecule has 3 rings (SSSR count). The van der Waals surface area contributed by atoms with Crippen molar-refractivity contribution in [2.24, 2.45) is 0 Å². The maximum atomic E-state index is 11.9. The highest BCUT2D eigenvalue weighted by Crippen LogP contribution is 2.50. The van der Waals surface area contributed by atoms with Crippen molar-refractivity contribution in [2.75, 3.05) is 11.5 Å². The Morgan fingerprint density at radius 2 is 2.07 bits per heavy atom. The summed E-state index contributed by atoms with van der Waals surface area (Å²) in [7, 11) is -2.90. The lowest BCUT2D eigenvalue weighted by atomic mass is 9.98. The molecule has 0 radical (unpaired) electrons. The Hall–Kier alpha value is -1.03. The lowest BCUT2D eigenvalue weighted by Crippen LogP contribution is -2.19. The van der Waals surface area contributed by atoms with Crippen molar-refractivity contribution in [2.45, 2.75) is 24.0 Å². The van der Waals surface area contributed by atoms with Crippen molar-refractivity contribution in [1.82, 2.24) is 0 Å². The van der Waals surface area contributed by atoms with E-state index in [-0.39, 0.29) is 5.25 Å². The van der Waals surface area contributed by atoms with Gasteiger partial charge in [0.2, 0.25) is 0 Å². The molecule has 1 aromatic rings. The first-order chi connectivity index (χ1) is 7.08. The Morgan fingerprint density at radius 1 is 1.27 bits per heavy atom. The summed E-state index contributed by atoms with van der Waals surface area (Å²) in [4.78, 5) is 0. The van der Waals surface area contributed by atoms with Gasteiger partial charge in [0.15, 0.2) is 9.84 Å². The zero-order valence-corrected chi connectivity index (χ0v) is 9.13. The zero-order chi connectivity index (χ0) is 10.6. The van der Waals surface area contributed by atoms with Crippen LogP contribution in [0.25, 0.3) is 0 Å². The maximum Gasteiger partial charge on any atom is 0.157 e. The third-order valence-electron chi connectivity index (χ3n) is 3.58. The molecule has 15 heavy (non-hydrogen) atoms. The van der Waals surface area contributed by atoms with E-state index in [2.05, 4.69) is 0 Å². The summed E-state index contributed by atoms with van der Waals surface area (Å²) in [6.07, 6.45) is 1.52. The van der Waals surface area contributed by atoms with Crippen LogP contribution >= 0.6 is 0 Å². The van der Waals surface area contributed by atoms with Gasteiger partial charge in [0.05, 0.1) is 11.0 Å². The minimum atomic E-state index is -2.90. The first-order valence-electron chi connectivity index (χ1n) is 5.19. The van der Waals surface area contributed by atoms with Gasteiger partial charge in [0.1, 0.15) is 0 Å². The van der Waals surface area contributed by atoms with Crippen molar-refractivity contribution in [3.8, 4) is 0 Å². The first-order valence-corrected chi connectivity index (χ1v) is 6.90. The molecule has 2 atom stereocenters. The second kappa shape index (κ2) is 2.76. The van der Waals surface area contributed by atoms with Gasteiger partial charge in [-0.15, -0.1) is 0 Å². The van der Waals surface area contributed by atoms with E-state index in [1.165, 1.54) is 5.56 Å². The van der Waals surface area contributed by atoms with Gasteiger partial charge in [-0.1, -0.05) is 6.07 Å². The van der Waals surface area contributed by atoms with Gasteiger partial charge in [-0.25, -0.2) is 8.42 Å². The van der Waals surface area contributed by atoms with Gasteiger partial charge < -0.3 is 5.73 Å². The number of rotatable bonds is 0. The molecule has 1 aliphatic heterocycles. The van der Waals surface area contributed by atoms with Gasteiger partial charge in [-0.2, -0.15) is 0 Å². The molecule has 80 valence electrons. The quantitative estimate of drug-likeness (QED) is 0.680. The van der Waals surface area contributed by atoms with E-state index in [4.69, 9.17) is 5.73 Å². The van der Waals surface area contributed by atoms with Crippen LogP contribution in [0, 0.1) is 0 Å². The number of nitrogen functional groups attached to an aromatic ring is 1. The molecule has 2 unspecified atom stereocenters. The average molecular weight is 223 g/mol. The second-order valence-electron chi connectivity index (χ2n) is 4.47. The van der Waals surface area contributed by atoms with Crippen molar-refractivity contribution in [1.29, 1.82) is 0 Å². The average Bonchev–Trinajstić information content (AvgIpc) is 2.49. The van der Waals surface area contributed by atoms with E-state index in [0.717, 1.165) is 24.1 Å². The summed E-state index contributed by atoms with van der Waals surface area (Å²) in [5.41, 5.74) is 8.63. The molecule has 2 aliphatic rings. The molecule has 0 amide bonds. The van der Waals surface area contributed by atoms with E-state index in [1.807, 2.05) is 12.1 Å². The first kappa shape index (κ1) is 9.21. The van der Waals surface area contributed by atoms with Crippen LogP contribution in [-0.4, -0.2) is 14.2 Å². The molecule has 1 fully saturated rings. The summed E-state index contributed by atoms with van der Waals surface area (Å²) in [5.74, 6) is 0.744. The molecule has 1 saturated heterocycles. The number of hydrogen-bond acceptors (Lipinski definition) is 3. The van der Waals surface area contributed by atoms with E-state index >= 15 is 0 Å². The van der Waals surface area contributed by atoms with E-state index in [1.54, 1.807) is 6.07 Å². The van der Waals surface area contributed by atoms with Gasteiger partial charge in [0.25, 0.3) is 0 Å². The summed E-state index contributed by atoms with van der Waals surface area (Å²) in [6, 6.07) is 5.63. The molecular weight excluding hydrogens is 210 g/mol. The topological polar surface area (TPSA) is 60.2 Å². The predicted octanol–water partition coefficient (Wildman–Crippen LogP) is 1.62. The smallest absolute Gasteiger partial charge is 0.157 e. The highest BCUT2D eigenvalue weighted by Gasteiger charge is 2.43. The summed E-state index contributed by atoms with van der Waals surface area (Å²) < 4.78 is 23.7. The Kier molecular flexibility index (Phi) is 1.69. The molecule has 3 nitrogen and oxygen atoms in total. The monoisotopic (exact) mass is 223 g/mol. The second-order valence-corrected chi connectivity index (χ2v) is 6.77. The molecule has 2 N–H and O–H groups in total. The van der Waals surface area contributed by atoms with E-state index in [0.29, 0.717) is 11.7 Å². The Labute approximate surface area is 89.2 Å². The lowest BCUT2D eigenvalue weighted by molar-refractivity contribution is 0.538. The van der Waals surface area contributed by atoms with E-state index in [9.17, 15) is 8.42 Å². The molecule has 2 bridgehead atoms. The molecule has 0 saturated carbocycles. The molecular formula is C11H13NO2S. The fraction of sp³-hybridized carbons (Fsp3) is 0.455. The molecule has 0 aromatic heterocycles. The molecule has 1 aliphatic carbocycles. The van der Waals surface area contributed by atoms with Crippen LogP contribution in [0.15, 0.2) is 18.2 Å². The fourth-order valence-corrected chi connectivity index (χ4v) is 4.84. The number of nitrogens with two attached hydrogens (primary N) is 1. The Bertz CT molecular complexity index is 521. The Balaban J connectivity index is 2.23. The van der Waals surface area contributed by atoms with Crippen LogP contribution in [-0.2, 0) is 9.84 Å². The highest BCUT2D eigenvalue weighted by atomic mass is 32.2. The third kappa shape index (κ3) is 1.21. The SMILES string of the molecule is Nc1ccc2c(c1)C1CCS(=O)(=O)C2C1. The molecule has 1 aromatic carbocycles. The molecule has 4 heteroatoms. The standard InChI is InChI=1S/C11H13NO2S/c12-8-1-2-9-10(6-8)7-3-4-15(13,14)11(9)5-7/h1-2,6-7,11H,3-5,12H2. The number of hydrogen-bond donors (Lipinski definition) is 1. The number of anilines is 1. The largest absolute Gasteiger partial charge is 0.399 e. The minimum absolute atomic E-state index is 0.258. The lowest BCUT2D eigenvalue weighted by Gasteiger charge is -2.19. The third-order valence-corrected chi connectivity index (χ3v) is 5.70. The number of fused-ring (bicyclic) bond motifs is 5. The van der Waals surface area contributed by atoms with Gasteiger partial charge in [0, 0.05) is 5.69 Å². The van der Waals surface area contributed by atoms with Gasteiger partial charge in [-0.3, -0.25) is 0 Å². The van der Waals surface area contributed by atoms with Crippen LogP contribution in [0.2, 0.25) is 0 Å². The van der Waals surface area contributed by atoms with Gasteiger partial charge >= 0.3 is 0 Å². The van der Waals surface area contributed by atoms with Crippen LogP contribution < -0.4 is 5.73 Å². The minimum Gasteiger partial charge on any atom is -0.399 e. The van der Waals surface area contributed by atoms with Crippen LogP contribution in [0.1, 0.15) is 35.1 Å². The predicted molar refractivity (Wildman–Crippen MR) is 59.4 cm³/mol. The van der Waals surface area contributed by atoms with E-state index < -0.39 is 9.84 Å². The van der Waals surface area contributed by atoms with Crippen molar-refractivity contribution in [3.63, 3.8) is 0 Å². The maximum absolute atomic E-state index is 11.9. The zero-order valence-electron chi connectivity index (χ0n) is 8.31. The van der Waals surface area contributed by atoms with Crippen molar-refractivity contribution < 1.29 is 8.42 Å². The normalized spacial score (nSPS) is 31.2. The summed E-state index contributed by atoms with van der Waals surface area (Å²) in [6.45, 7) is 0. The summed E-state index contributed by atoms with van der Waals surface area (Å²) >= 11 is 0. The highest BCUT2D eigenvalue weighted by molar-refractivity contribution is 7.91. The summed E-state index contributed by atoms with van der Waals surface area (Å²) in [5, 5.41) is -0.258. The molecule has 0 spiro atoms. The molecule has 1 heterocycles. The van der Waals surface area contributed by atoms with Crippen LogP contribution in [0.3, 0.4) is 0 Å². The van der Waals surface area contributed by atoms with Gasteiger partial charge in [-0.05, 0) is 42.0 Å². The van der Waals surface area contributed by atoms with Crippen molar-refractivity contribution >= 4 is 15.5 Å². The number of sulfone groups is 1. The Morgan fingerprint density at radius 3 is 2.87 bits per heavy atom.